The highest BCUT2D eigenvalue weighted by Gasteiger charge is 2.23. The molecular weight excluding hydrogens is 226 g/mol. The highest BCUT2D eigenvalue weighted by molar-refractivity contribution is 5.79. The summed E-state index contributed by atoms with van der Waals surface area (Å²) in [4.78, 5) is 13.2. The number of phenols is 1. The molecule has 1 aromatic carbocycles. The number of carbonyl (C=O) groups is 1. The van der Waals surface area contributed by atoms with Gasteiger partial charge in [-0.15, -0.1) is 0 Å². The molecule has 0 amide bonds. The molecule has 0 fully saturated rings. The first-order valence-corrected chi connectivity index (χ1v) is 4.75. The second-order valence-corrected chi connectivity index (χ2v) is 3.32. The van der Waals surface area contributed by atoms with Crippen LogP contribution in [0.15, 0.2) is 23.3 Å². The smallest absolute Gasteiger partial charge is 0.150 e. The van der Waals surface area contributed by atoms with E-state index >= 15 is 0 Å². The van der Waals surface area contributed by atoms with Crippen molar-refractivity contribution < 1.29 is 20.1 Å². The van der Waals surface area contributed by atoms with Crippen molar-refractivity contribution in [1.29, 1.82) is 0 Å². The van der Waals surface area contributed by atoms with Gasteiger partial charge in [0, 0.05) is 16.0 Å². The van der Waals surface area contributed by atoms with Crippen molar-refractivity contribution in [2.75, 3.05) is 6.54 Å². The topological polar surface area (TPSA) is 127 Å². The number of phenolic OH excluding ortho intramolecular Hbond substituents is 1. The molecule has 17 heavy (non-hydrogen) atoms. The summed E-state index contributed by atoms with van der Waals surface area (Å²) in [6, 6.07) is 4.12. The molecule has 0 saturated carbocycles. The van der Waals surface area contributed by atoms with Crippen LogP contribution in [0.25, 0.3) is 10.4 Å². The van der Waals surface area contributed by atoms with Crippen LogP contribution in [0.1, 0.15) is 22.0 Å². The summed E-state index contributed by atoms with van der Waals surface area (Å²) in [5.41, 5.74) is 8.07. The van der Waals surface area contributed by atoms with Gasteiger partial charge in [-0.1, -0.05) is 17.2 Å². The van der Waals surface area contributed by atoms with Crippen LogP contribution in [0.3, 0.4) is 0 Å². The van der Waals surface area contributed by atoms with E-state index in [0.29, 0.717) is 6.29 Å². The fraction of sp³-hybridized carbons (Fsp3) is 0.300. The van der Waals surface area contributed by atoms with Gasteiger partial charge in [0.1, 0.15) is 11.9 Å². The van der Waals surface area contributed by atoms with Crippen molar-refractivity contribution in [3.05, 3.63) is 39.8 Å². The number of aromatic hydroxyl groups is 1. The average molecular weight is 237 g/mol. The number of aldehydes is 1. The fourth-order valence-electron chi connectivity index (χ4n) is 1.41. The van der Waals surface area contributed by atoms with Gasteiger partial charge in [-0.2, -0.15) is 0 Å². The van der Waals surface area contributed by atoms with Crippen LogP contribution < -0.4 is 0 Å². The standard InChI is InChI=1S/C10H11N3O4/c11-13-12-4-8(16)10(17)9-6(5-14)2-1-3-7(9)15/h1-3,5,8,10,15-17H,4H2. The first-order valence-electron chi connectivity index (χ1n) is 4.75. The predicted molar refractivity (Wildman–Crippen MR) is 58.5 cm³/mol. The van der Waals surface area contributed by atoms with Crippen LogP contribution in [0.5, 0.6) is 5.75 Å². The van der Waals surface area contributed by atoms with E-state index < -0.39 is 12.2 Å². The molecule has 7 nitrogen and oxygen atoms in total. The van der Waals surface area contributed by atoms with Crippen LogP contribution >= 0.6 is 0 Å². The Morgan fingerprint density at radius 3 is 2.76 bits per heavy atom. The third kappa shape index (κ3) is 2.94. The van der Waals surface area contributed by atoms with Crippen molar-refractivity contribution in [3.8, 4) is 5.75 Å². The van der Waals surface area contributed by atoms with E-state index in [1.165, 1.54) is 18.2 Å². The Morgan fingerprint density at radius 2 is 2.18 bits per heavy atom. The van der Waals surface area contributed by atoms with Crippen molar-refractivity contribution in [3.63, 3.8) is 0 Å². The van der Waals surface area contributed by atoms with Crippen LogP contribution in [-0.4, -0.2) is 34.3 Å². The lowest BCUT2D eigenvalue weighted by molar-refractivity contribution is 0.0226. The van der Waals surface area contributed by atoms with E-state index in [4.69, 9.17) is 5.53 Å². The van der Waals surface area contributed by atoms with Gasteiger partial charge in [-0.25, -0.2) is 0 Å². The Bertz CT molecular complexity index is 457. The molecule has 7 heteroatoms. The predicted octanol–water partition coefficient (Wildman–Crippen LogP) is 0.909. The number of rotatable bonds is 5. The highest BCUT2D eigenvalue weighted by Crippen LogP contribution is 2.29. The van der Waals surface area contributed by atoms with E-state index in [1.807, 2.05) is 0 Å². The quantitative estimate of drug-likeness (QED) is 0.304. The number of azide groups is 1. The summed E-state index contributed by atoms with van der Waals surface area (Å²) in [7, 11) is 0. The van der Waals surface area contributed by atoms with E-state index in [0.717, 1.165) is 0 Å². The molecule has 0 aliphatic heterocycles. The van der Waals surface area contributed by atoms with Crippen molar-refractivity contribution in [2.24, 2.45) is 5.11 Å². The fourth-order valence-corrected chi connectivity index (χ4v) is 1.41. The molecule has 0 saturated heterocycles. The maximum absolute atomic E-state index is 10.7. The number of nitrogens with zero attached hydrogens (tertiary/aromatic N) is 3. The molecule has 2 unspecified atom stereocenters. The van der Waals surface area contributed by atoms with Gasteiger partial charge < -0.3 is 15.3 Å². The summed E-state index contributed by atoms with van der Waals surface area (Å²) >= 11 is 0. The van der Waals surface area contributed by atoms with Gasteiger partial charge in [0.25, 0.3) is 0 Å². The Labute approximate surface area is 96.6 Å². The number of aliphatic hydroxyl groups is 2. The van der Waals surface area contributed by atoms with E-state index in [9.17, 15) is 20.1 Å². The van der Waals surface area contributed by atoms with Gasteiger partial charge in [0.05, 0.1) is 12.6 Å². The number of carbonyl (C=O) groups excluding carboxylic acids is 1. The Hall–Kier alpha value is -2.08. The zero-order valence-corrected chi connectivity index (χ0v) is 8.76. The zero-order chi connectivity index (χ0) is 12.8. The normalized spacial score (nSPS) is 13.5. The summed E-state index contributed by atoms with van der Waals surface area (Å²) in [6.07, 6.45) is -2.43. The second-order valence-electron chi connectivity index (χ2n) is 3.32. The summed E-state index contributed by atoms with van der Waals surface area (Å²) < 4.78 is 0. The summed E-state index contributed by atoms with van der Waals surface area (Å²) in [6.45, 7) is -0.357. The molecule has 0 aliphatic rings. The Balaban J connectivity index is 3.05. The molecule has 0 spiro atoms. The highest BCUT2D eigenvalue weighted by atomic mass is 16.3. The third-order valence-corrected chi connectivity index (χ3v) is 2.24. The van der Waals surface area contributed by atoms with Gasteiger partial charge in [0.15, 0.2) is 6.29 Å². The lowest BCUT2D eigenvalue weighted by Crippen LogP contribution is -2.22. The average Bonchev–Trinajstić information content (AvgIpc) is 2.34. The molecule has 90 valence electrons. The summed E-state index contributed by atoms with van der Waals surface area (Å²) in [5, 5.41) is 31.9. The minimum absolute atomic E-state index is 0.0671. The van der Waals surface area contributed by atoms with Crippen molar-refractivity contribution in [1.82, 2.24) is 0 Å². The SMILES string of the molecule is [N-]=[N+]=NCC(O)C(O)c1c(O)cccc1C=O. The monoisotopic (exact) mass is 237 g/mol. The molecule has 0 bridgehead atoms. The molecule has 1 aromatic rings. The summed E-state index contributed by atoms with van der Waals surface area (Å²) in [5.74, 6) is -0.304. The van der Waals surface area contributed by atoms with E-state index in [-0.39, 0.29) is 23.4 Å². The number of hydrogen-bond acceptors (Lipinski definition) is 5. The zero-order valence-electron chi connectivity index (χ0n) is 8.76. The molecule has 1 rings (SSSR count). The lowest BCUT2D eigenvalue weighted by atomic mass is 9.98. The number of hydrogen-bond donors (Lipinski definition) is 3. The maximum atomic E-state index is 10.7. The minimum Gasteiger partial charge on any atom is -0.508 e. The van der Waals surface area contributed by atoms with E-state index in [1.54, 1.807) is 0 Å². The van der Waals surface area contributed by atoms with E-state index in [2.05, 4.69) is 10.0 Å². The van der Waals surface area contributed by atoms with Gasteiger partial charge in [-0.05, 0) is 11.6 Å². The lowest BCUT2D eigenvalue weighted by Gasteiger charge is -2.18. The van der Waals surface area contributed by atoms with Gasteiger partial charge in [0.2, 0.25) is 0 Å². The van der Waals surface area contributed by atoms with Crippen LogP contribution in [0, 0.1) is 0 Å². The van der Waals surface area contributed by atoms with Crippen molar-refractivity contribution in [2.45, 2.75) is 12.2 Å². The van der Waals surface area contributed by atoms with Crippen LogP contribution in [0.4, 0.5) is 0 Å². The molecule has 0 aliphatic carbocycles. The molecule has 2 atom stereocenters. The van der Waals surface area contributed by atoms with Crippen LogP contribution in [0.2, 0.25) is 0 Å². The third-order valence-electron chi connectivity index (χ3n) is 2.24. The molecular formula is C10H11N3O4. The second kappa shape index (κ2) is 5.86. The van der Waals surface area contributed by atoms with Crippen LogP contribution in [-0.2, 0) is 0 Å². The van der Waals surface area contributed by atoms with Gasteiger partial charge >= 0.3 is 0 Å². The first kappa shape index (κ1) is 13.0. The van der Waals surface area contributed by atoms with Gasteiger partial charge in [-0.3, -0.25) is 4.79 Å². The molecule has 0 aromatic heterocycles. The molecule has 0 heterocycles. The molecule has 3 N–H and O–H groups in total. The number of aliphatic hydroxyl groups excluding tert-OH is 2. The minimum atomic E-state index is -1.50. The largest absolute Gasteiger partial charge is 0.508 e. The molecule has 0 radical (unpaired) electrons. The first-order chi connectivity index (χ1) is 8.11. The Kier molecular flexibility index (Phi) is 4.47. The van der Waals surface area contributed by atoms with Crippen molar-refractivity contribution >= 4 is 6.29 Å². The number of benzene rings is 1. The Morgan fingerprint density at radius 1 is 1.47 bits per heavy atom. The maximum Gasteiger partial charge on any atom is 0.150 e.